The number of benzene rings is 7. The molecule has 0 N–H and O–H groups in total. The fourth-order valence-corrected chi connectivity index (χ4v) is 10.9. The van der Waals surface area contributed by atoms with Gasteiger partial charge in [-0.15, -0.1) is 0 Å². The van der Waals surface area contributed by atoms with E-state index in [1.165, 1.54) is 21.1 Å². The number of hydrogen-bond acceptors (Lipinski definition) is 4. The molecule has 0 radical (unpaired) electrons. The van der Waals surface area contributed by atoms with E-state index in [0.717, 1.165) is 83.9 Å². The van der Waals surface area contributed by atoms with Crippen molar-refractivity contribution in [1.82, 2.24) is 14.5 Å². The Morgan fingerprint density at radius 3 is 2.00 bits per heavy atom. The van der Waals surface area contributed by atoms with Crippen molar-refractivity contribution in [2.45, 2.75) is 31.1 Å². The van der Waals surface area contributed by atoms with Crippen LogP contribution >= 0.6 is 0 Å². The van der Waals surface area contributed by atoms with Crippen molar-refractivity contribution in [3.05, 3.63) is 187 Å². The summed E-state index contributed by atoms with van der Waals surface area (Å²) in [7, 11) is 0. The van der Waals surface area contributed by atoms with Crippen molar-refractivity contribution in [1.29, 1.82) is 0 Å². The van der Waals surface area contributed by atoms with Gasteiger partial charge in [0.15, 0.2) is 0 Å². The molecule has 10 rings (SSSR count). The predicted octanol–water partition coefficient (Wildman–Crippen LogP) is 14.0. The second kappa shape index (κ2) is 14.6. The summed E-state index contributed by atoms with van der Waals surface area (Å²) in [4.78, 5) is 12.5. The van der Waals surface area contributed by atoms with Crippen molar-refractivity contribution in [3.8, 4) is 39.5 Å². The molecule has 3 aromatic heterocycles. The zero-order chi connectivity index (χ0) is 40.3. The molecule has 0 fully saturated rings. The summed E-state index contributed by atoms with van der Waals surface area (Å²) in [6, 6.07) is 60.5. The molecule has 0 aliphatic carbocycles. The number of hydrogen-bond donors (Lipinski definition) is 0. The van der Waals surface area contributed by atoms with Crippen LogP contribution in [0.25, 0.3) is 72.4 Å². The van der Waals surface area contributed by atoms with Gasteiger partial charge in [-0.2, -0.15) is 0 Å². The molecule has 10 aromatic rings. The summed E-state index contributed by atoms with van der Waals surface area (Å²) in [6.07, 6.45) is 1.93. The Kier molecular flexibility index (Phi) is 9.06. The van der Waals surface area contributed by atoms with Gasteiger partial charge in [-0.1, -0.05) is 60.7 Å². The molecule has 3 heterocycles. The Balaban J connectivity index is 1.09. The number of anilines is 3. The second-order valence-electron chi connectivity index (χ2n) is 16.5. The summed E-state index contributed by atoms with van der Waals surface area (Å²) < 4.78 is 10.1. The first-order valence-electron chi connectivity index (χ1n) is 20.2. The smallest absolute Gasteiger partial charge is 0.456 e. The molecule has 0 aliphatic rings. The van der Waals surface area contributed by atoms with Gasteiger partial charge in [0.25, 0.3) is 0 Å². The van der Waals surface area contributed by atoms with Crippen LogP contribution in [0.3, 0.4) is 0 Å². The minimum Gasteiger partial charge on any atom is -0.456 e. The van der Waals surface area contributed by atoms with E-state index in [0.29, 0.717) is 0 Å². The average molecular weight is 826 g/mol. The molecule has 0 saturated carbocycles. The Morgan fingerprint density at radius 1 is 0.542 bits per heavy atom. The van der Waals surface area contributed by atoms with E-state index in [1.54, 1.807) is 0 Å². The summed E-state index contributed by atoms with van der Waals surface area (Å²) in [6.45, 7) is 4.38. The predicted molar refractivity (Wildman–Crippen MR) is 250 cm³/mol. The number of imidazole rings is 1. The van der Waals surface area contributed by atoms with Crippen molar-refractivity contribution in [2.75, 3.05) is 4.90 Å². The van der Waals surface area contributed by atoms with Crippen LogP contribution in [0.1, 0.15) is 11.1 Å². The number of nitrogens with zero attached hydrogens (tertiary/aromatic N) is 4. The molecule has 286 valence electrons. The number of aryl methyl sites for hydroxylation is 2. The van der Waals surface area contributed by atoms with Gasteiger partial charge >= 0.3 is 151 Å². The van der Waals surface area contributed by atoms with E-state index in [-0.39, 0.29) is 0 Å². The van der Waals surface area contributed by atoms with E-state index < -0.39 is 13.3 Å². The van der Waals surface area contributed by atoms with Gasteiger partial charge in [-0.25, -0.2) is 4.98 Å². The number of pyridine rings is 1. The van der Waals surface area contributed by atoms with Crippen LogP contribution in [0.15, 0.2) is 180 Å². The quantitative estimate of drug-likeness (QED) is 0.143. The number of para-hydroxylation sites is 4. The van der Waals surface area contributed by atoms with Crippen LogP contribution in [-0.4, -0.2) is 27.8 Å². The Labute approximate surface area is 347 Å². The molecule has 0 bridgehead atoms. The minimum absolute atomic E-state index is 0.850. The van der Waals surface area contributed by atoms with Gasteiger partial charge in [-0.3, -0.25) is 4.57 Å². The van der Waals surface area contributed by atoms with Crippen molar-refractivity contribution < 1.29 is 4.42 Å². The third-order valence-electron chi connectivity index (χ3n) is 11.5. The first-order valence-corrected chi connectivity index (χ1v) is 27.6. The Hall–Kier alpha value is -6.70. The fourth-order valence-electron chi connectivity index (χ4n) is 8.42. The van der Waals surface area contributed by atoms with Crippen LogP contribution in [0.5, 0.6) is 0 Å². The first-order chi connectivity index (χ1) is 28.7. The zero-order valence-corrected chi connectivity index (χ0v) is 36.0. The normalized spacial score (nSPS) is 11.8. The standard InChI is InChI=1S/C53H44GeN4O/c1-35-13-10-14-36(2)52(35)57(42-17-11-15-39(31-42)48-33-38(29-30-55-48)37-23-25-41(26-24-37)54(3,4)5)43-18-12-16-40(32-43)53-56-47-20-7-8-21-49(47)58(53)44-27-28-46-45-19-6-9-22-50(45)59-51(46)34-44/h6-34H,1-5H3. The molecule has 0 spiro atoms. The van der Waals surface area contributed by atoms with E-state index in [4.69, 9.17) is 14.4 Å². The molecule has 0 atom stereocenters. The van der Waals surface area contributed by atoms with Crippen LogP contribution in [0.2, 0.25) is 17.3 Å². The van der Waals surface area contributed by atoms with Gasteiger partial charge in [0.05, 0.1) is 16.7 Å². The van der Waals surface area contributed by atoms with Crippen molar-refractivity contribution in [3.63, 3.8) is 0 Å². The van der Waals surface area contributed by atoms with Crippen LogP contribution < -0.4 is 9.30 Å². The number of aromatic nitrogens is 3. The molecular formula is C53H44GeN4O. The van der Waals surface area contributed by atoms with Gasteiger partial charge in [0.1, 0.15) is 17.0 Å². The third-order valence-corrected chi connectivity index (χ3v) is 15.8. The molecule has 59 heavy (non-hydrogen) atoms. The van der Waals surface area contributed by atoms with Crippen molar-refractivity contribution >= 4 is 67.7 Å². The average Bonchev–Trinajstić information content (AvgIpc) is 3.83. The summed E-state index contributed by atoms with van der Waals surface area (Å²) in [5.74, 6) is 8.17. The molecule has 6 heteroatoms. The Bertz CT molecular complexity index is 3170. The van der Waals surface area contributed by atoms with Gasteiger partial charge in [0, 0.05) is 22.4 Å². The van der Waals surface area contributed by atoms with E-state index >= 15 is 0 Å². The van der Waals surface area contributed by atoms with E-state index in [1.807, 2.05) is 24.4 Å². The maximum absolute atomic E-state index is 6.36. The summed E-state index contributed by atoms with van der Waals surface area (Å²) in [5.41, 5.74) is 15.7. The van der Waals surface area contributed by atoms with Gasteiger partial charge in [-0.05, 0) is 67.4 Å². The van der Waals surface area contributed by atoms with E-state index in [2.05, 4.69) is 192 Å². The van der Waals surface area contributed by atoms with Gasteiger partial charge < -0.3 is 4.42 Å². The zero-order valence-electron chi connectivity index (χ0n) is 33.9. The topological polar surface area (TPSA) is 47.1 Å². The maximum atomic E-state index is 6.36. The molecule has 0 aliphatic heterocycles. The van der Waals surface area contributed by atoms with Crippen LogP contribution in [-0.2, 0) is 0 Å². The summed E-state index contributed by atoms with van der Waals surface area (Å²) >= 11 is -1.91. The SMILES string of the molecule is Cc1cccc(C)c1N(c1cccc(-c2cc(-c3cc[c]([Ge]([CH3])([CH3])[CH3])cc3)ccn2)c1)c1cccc(-c2nc3ccccc3n2-c2ccc3c(c2)oc2ccccc23)c1. The molecule has 0 unspecified atom stereocenters. The third kappa shape index (κ3) is 6.71. The summed E-state index contributed by atoms with van der Waals surface area (Å²) in [5, 5.41) is 2.21. The monoisotopic (exact) mass is 826 g/mol. The molecule has 5 nitrogen and oxygen atoms in total. The molecular weight excluding hydrogens is 781 g/mol. The first kappa shape index (κ1) is 36.6. The fraction of sp³-hybridized carbons (Fsp3) is 0.0943. The van der Waals surface area contributed by atoms with Crippen LogP contribution in [0, 0.1) is 13.8 Å². The van der Waals surface area contributed by atoms with E-state index in [9.17, 15) is 0 Å². The van der Waals surface area contributed by atoms with Crippen LogP contribution in [0.4, 0.5) is 17.1 Å². The second-order valence-corrected chi connectivity index (χ2v) is 27.1. The molecule has 0 amide bonds. The number of fused-ring (bicyclic) bond motifs is 4. The Morgan fingerprint density at radius 2 is 1.22 bits per heavy atom. The molecule has 0 saturated heterocycles. The minimum atomic E-state index is -1.91. The molecule has 7 aromatic carbocycles. The number of furan rings is 1. The van der Waals surface area contributed by atoms with Gasteiger partial charge in [0.2, 0.25) is 0 Å². The number of rotatable bonds is 8. The van der Waals surface area contributed by atoms with Crippen molar-refractivity contribution in [2.24, 2.45) is 0 Å².